The van der Waals surface area contributed by atoms with Gasteiger partial charge in [-0.2, -0.15) is 0 Å². The SMILES string of the molecule is CCC1(CC(C)C)COCOC1. The summed E-state index contributed by atoms with van der Waals surface area (Å²) in [5.74, 6) is 0.732. The highest BCUT2D eigenvalue weighted by atomic mass is 16.7. The third-order valence-electron chi connectivity index (χ3n) is 2.57. The summed E-state index contributed by atoms with van der Waals surface area (Å²) in [5.41, 5.74) is 0.298. The molecule has 72 valence electrons. The van der Waals surface area contributed by atoms with Crippen LogP contribution in [0.15, 0.2) is 0 Å². The van der Waals surface area contributed by atoms with Crippen molar-refractivity contribution in [2.24, 2.45) is 11.3 Å². The van der Waals surface area contributed by atoms with E-state index in [0.29, 0.717) is 12.2 Å². The summed E-state index contributed by atoms with van der Waals surface area (Å²) >= 11 is 0. The first-order chi connectivity index (χ1) is 5.68. The van der Waals surface area contributed by atoms with Gasteiger partial charge in [-0.1, -0.05) is 20.8 Å². The van der Waals surface area contributed by atoms with Crippen molar-refractivity contribution in [1.29, 1.82) is 0 Å². The summed E-state index contributed by atoms with van der Waals surface area (Å²) in [6, 6.07) is 0. The van der Waals surface area contributed by atoms with E-state index in [4.69, 9.17) is 9.47 Å². The molecule has 0 bridgehead atoms. The fourth-order valence-corrected chi connectivity index (χ4v) is 1.95. The molecule has 2 heteroatoms. The molecule has 0 radical (unpaired) electrons. The molecule has 0 aromatic heterocycles. The van der Waals surface area contributed by atoms with Crippen molar-refractivity contribution in [3.63, 3.8) is 0 Å². The molecule has 1 rings (SSSR count). The highest BCUT2D eigenvalue weighted by Gasteiger charge is 2.32. The minimum Gasteiger partial charge on any atom is -0.355 e. The van der Waals surface area contributed by atoms with Crippen molar-refractivity contribution in [2.75, 3.05) is 20.0 Å². The average molecular weight is 172 g/mol. The van der Waals surface area contributed by atoms with E-state index in [-0.39, 0.29) is 0 Å². The molecule has 1 saturated heterocycles. The van der Waals surface area contributed by atoms with E-state index in [1.54, 1.807) is 0 Å². The molecule has 1 fully saturated rings. The van der Waals surface area contributed by atoms with Gasteiger partial charge in [0.25, 0.3) is 0 Å². The standard InChI is InChI=1S/C10H20O2/c1-4-10(5-9(2)3)6-11-8-12-7-10/h9H,4-8H2,1-3H3. The van der Waals surface area contributed by atoms with Crippen LogP contribution in [0.1, 0.15) is 33.6 Å². The molecule has 0 saturated carbocycles. The third kappa shape index (κ3) is 2.46. The molecule has 2 nitrogen and oxygen atoms in total. The van der Waals surface area contributed by atoms with Crippen LogP contribution >= 0.6 is 0 Å². The predicted octanol–water partition coefficient (Wildman–Crippen LogP) is 2.43. The van der Waals surface area contributed by atoms with E-state index in [1.165, 1.54) is 6.42 Å². The second-order valence-electron chi connectivity index (χ2n) is 4.27. The number of hydrogen-bond acceptors (Lipinski definition) is 2. The molecular formula is C10H20O2. The largest absolute Gasteiger partial charge is 0.355 e. The van der Waals surface area contributed by atoms with Crippen molar-refractivity contribution < 1.29 is 9.47 Å². The molecule has 0 atom stereocenters. The lowest BCUT2D eigenvalue weighted by atomic mass is 9.79. The Hall–Kier alpha value is -0.0800. The van der Waals surface area contributed by atoms with Gasteiger partial charge in [-0.25, -0.2) is 0 Å². The van der Waals surface area contributed by atoms with Gasteiger partial charge in [-0.15, -0.1) is 0 Å². The minimum absolute atomic E-state index is 0.298. The van der Waals surface area contributed by atoms with Gasteiger partial charge in [-0.3, -0.25) is 0 Å². The Morgan fingerprint density at radius 2 is 1.83 bits per heavy atom. The maximum atomic E-state index is 5.36. The minimum atomic E-state index is 0.298. The molecule has 12 heavy (non-hydrogen) atoms. The quantitative estimate of drug-likeness (QED) is 0.651. The normalized spacial score (nSPS) is 23.0. The summed E-state index contributed by atoms with van der Waals surface area (Å²) in [6.45, 7) is 8.97. The zero-order valence-corrected chi connectivity index (χ0v) is 8.43. The van der Waals surface area contributed by atoms with E-state index in [2.05, 4.69) is 20.8 Å². The predicted molar refractivity (Wildman–Crippen MR) is 49.0 cm³/mol. The van der Waals surface area contributed by atoms with Crippen LogP contribution < -0.4 is 0 Å². The van der Waals surface area contributed by atoms with Crippen molar-refractivity contribution in [3.05, 3.63) is 0 Å². The summed E-state index contributed by atoms with van der Waals surface area (Å²) in [6.07, 6.45) is 2.37. The van der Waals surface area contributed by atoms with Crippen molar-refractivity contribution in [1.82, 2.24) is 0 Å². The second kappa shape index (κ2) is 4.24. The zero-order chi connectivity index (χ0) is 9.03. The van der Waals surface area contributed by atoms with Gasteiger partial charge in [0.2, 0.25) is 0 Å². The Bertz CT molecular complexity index is 126. The van der Waals surface area contributed by atoms with Crippen LogP contribution in [0.25, 0.3) is 0 Å². The van der Waals surface area contributed by atoms with E-state index < -0.39 is 0 Å². The molecule has 0 aromatic carbocycles. The Kier molecular flexibility index (Phi) is 3.53. The molecule has 1 aliphatic rings. The molecule has 0 aromatic rings. The lowest BCUT2D eigenvalue weighted by Gasteiger charge is -2.37. The summed E-state index contributed by atoms with van der Waals surface area (Å²) in [5, 5.41) is 0. The number of ether oxygens (including phenoxy) is 2. The molecule has 1 heterocycles. The maximum Gasteiger partial charge on any atom is 0.146 e. The maximum absolute atomic E-state index is 5.36. The van der Waals surface area contributed by atoms with Gasteiger partial charge >= 0.3 is 0 Å². The third-order valence-corrected chi connectivity index (χ3v) is 2.57. The molecule has 0 unspecified atom stereocenters. The zero-order valence-electron chi connectivity index (χ0n) is 8.43. The van der Waals surface area contributed by atoms with E-state index in [1.807, 2.05) is 0 Å². The summed E-state index contributed by atoms with van der Waals surface area (Å²) in [7, 11) is 0. The molecule has 0 spiro atoms. The van der Waals surface area contributed by atoms with Crippen LogP contribution in [0.2, 0.25) is 0 Å². The molecule has 0 amide bonds. The van der Waals surface area contributed by atoms with Crippen molar-refractivity contribution >= 4 is 0 Å². The van der Waals surface area contributed by atoms with E-state index in [9.17, 15) is 0 Å². The average Bonchev–Trinajstić information content (AvgIpc) is 2.05. The first-order valence-corrected chi connectivity index (χ1v) is 4.84. The fraction of sp³-hybridized carbons (Fsp3) is 1.00. The Morgan fingerprint density at radius 1 is 1.25 bits per heavy atom. The number of rotatable bonds is 3. The Balaban J connectivity index is 2.48. The van der Waals surface area contributed by atoms with E-state index in [0.717, 1.165) is 25.6 Å². The summed E-state index contributed by atoms with van der Waals surface area (Å²) in [4.78, 5) is 0. The van der Waals surface area contributed by atoms with E-state index >= 15 is 0 Å². The second-order valence-corrected chi connectivity index (χ2v) is 4.27. The van der Waals surface area contributed by atoms with Crippen LogP contribution in [0.4, 0.5) is 0 Å². The Labute approximate surface area is 75.2 Å². The molecule has 0 N–H and O–H groups in total. The van der Waals surface area contributed by atoms with Gasteiger partial charge in [0, 0.05) is 5.41 Å². The van der Waals surface area contributed by atoms with Crippen molar-refractivity contribution in [3.8, 4) is 0 Å². The van der Waals surface area contributed by atoms with Gasteiger partial charge in [0.05, 0.1) is 13.2 Å². The molecule has 1 aliphatic heterocycles. The topological polar surface area (TPSA) is 18.5 Å². The van der Waals surface area contributed by atoms with Gasteiger partial charge in [0.15, 0.2) is 0 Å². The fourth-order valence-electron chi connectivity index (χ4n) is 1.95. The van der Waals surface area contributed by atoms with Gasteiger partial charge in [0.1, 0.15) is 6.79 Å². The Morgan fingerprint density at radius 3 is 2.25 bits per heavy atom. The highest BCUT2D eigenvalue weighted by Crippen LogP contribution is 2.33. The van der Waals surface area contributed by atoms with Gasteiger partial charge in [-0.05, 0) is 18.8 Å². The van der Waals surface area contributed by atoms with Crippen LogP contribution in [-0.4, -0.2) is 20.0 Å². The first kappa shape index (κ1) is 10.0. The lowest BCUT2D eigenvalue weighted by Crippen LogP contribution is -2.38. The number of hydrogen-bond donors (Lipinski definition) is 0. The van der Waals surface area contributed by atoms with Gasteiger partial charge < -0.3 is 9.47 Å². The summed E-state index contributed by atoms with van der Waals surface area (Å²) < 4.78 is 10.7. The lowest BCUT2D eigenvalue weighted by molar-refractivity contribution is -0.170. The van der Waals surface area contributed by atoms with Crippen LogP contribution in [0.3, 0.4) is 0 Å². The van der Waals surface area contributed by atoms with Crippen LogP contribution in [0.5, 0.6) is 0 Å². The molecule has 0 aliphatic carbocycles. The van der Waals surface area contributed by atoms with Crippen molar-refractivity contribution in [2.45, 2.75) is 33.6 Å². The first-order valence-electron chi connectivity index (χ1n) is 4.84. The van der Waals surface area contributed by atoms with Crippen LogP contribution in [0, 0.1) is 11.3 Å². The van der Waals surface area contributed by atoms with Crippen LogP contribution in [-0.2, 0) is 9.47 Å². The smallest absolute Gasteiger partial charge is 0.146 e. The molecular weight excluding hydrogens is 152 g/mol. The highest BCUT2D eigenvalue weighted by molar-refractivity contribution is 4.80. The monoisotopic (exact) mass is 172 g/mol.